The van der Waals surface area contributed by atoms with Gasteiger partial charge in [0.1, 0.15) is 0 Å². The molecule has 1 heterocycles. The minimum Gasteiger partial charge on any atom is -0.384 e. The Hall–Kier alpha value is -1.28. The van der Waals surface area contributed by atoms with Crippen molar-refractivity contribution in [3.05, 3.63) is 51.7 Å². The summed E-state index contributed by atoms with van der Waals surface area (Å²) in [6, 6.07) is 8.72. The normalized spacial score (nSPS) is 10.4. The molecule has 2 aromatic rings. The minimum atomic E-state index is 1.00. The van der Waals surface area contributed by atoms with Crippen LogP contribution in [0.4, 0.5) is 5.69 Å². The molecule has 16 heavy (non-hydrogen) atoms. The van der Waals surface area contributed by atoms with Gasteiger partial charge >= 0.3 is 0 Å². The standard InChI is InChI=1S/C14H17NS/c1-11-3-4-12(2)14(9-11)15-7-5-13-6-8-16-10-13/h3-4,6,8-10,15H,5,7H2,1-2H3. The Labute approximate surface area is 101 Å². The van der Waals surface area contributed by atoms with E-state index in [9.17, 15) is 0 Å². The average Bonchev–Trinajstić information content (AvgIpc) is 2.76. The number of hydrogen-bond donors (Lipinski definition) is 1. The van der Waals surface area contributed by atoms with Crippen molar-refractivity contribution in [2.24, 2.45) is 0 Å². The van der Waals surface area contributed by atoms with Gasteiger partial charge in [-0.2, -0.15) is 11.3 Å². The lowest BCUT2D eigenvalue weighted by Gasteiger charge is -2.09. The highest BCUT2D eigenvalue weighted by atomic mass is 32.1. The highest BCUT2D eigenvalue weighted by molar-refractivity contribution is 7.07. The highest BCUT2D eigenvalue weighted by Gasteiger charge is 1.98. The van der Waals surface area contributed by atoms with Crippen LogP contribution in [0.25, 0.3) is 0 Å². The lowest BCUT2D eigenvalue weighted by molar-refractivity contribution is 1.02. The molecule has 0 amide bonds. The summed E-state index contributed by atoms with van der Waals surface area (Å²) in [5.74, 6) is 0. The van der Waals surface area contributed by atoms with E-state index >= 15 is 0 Å². The third-order valence-electron chi connectivity index (χ3n) is 2.70. The number of hydrogen-bond acceptors (Lipinski definition) is 2. The largest absolute Gasteiger partial charge is 0.384 e. The van der Waals surface area contributed by atoms with E-state index in [2.05, 4.69) is 54.2 Å². The molecule has 0 unspecified atom stereocenters. The molecule has 0 fully saturated rings. The fraction of sp³-hybridized carbons (Fsp3) is 0.286. The summed E-state index contributed by atoms with van der Waals surface area (Å²) >= 11 is 1.76. The second-order valence-corrected chi connectivity index (χ2v) is 4.91. The van der Waals surface area contributed by atoms with Crippen molar-refractivity contribution in [3.8, 4) is 0 Å². The van der Waals surface area contributed by atoms with Gasteiger partial charge in [-0.05, 0) is 59.9 Å². The van der Waals surface area contributed by atoms with Gasteiger partial charge in [0.2, 0.25) is 0 Å². The zero-order chi connectivity index (χ0) is 11.4. The zero-order valence-corrected chi connectivity index (χ0v) is 10.6. The van der Waals surface area contributed by atoms with Crippen LogP contribution < -0.4 is 5.32 Å². The number of aryl methyl sites for hydroxylation is 2. The van der Waals surface area contributed by atoms with Crippen LogP contribution in [0, 0.1) is 13.8 Å². The molecule has 0 aliphatic heterocycles. The van der Waals surface area contributed by atoms with Crippen molar-refractivity contribution < 1.29 is 0 Å². The first-order valence-electron chi connectivity index (χ1n) is 5.58. The number of benzene rings is 1. The Bertz CT molecular complexity index is 446. The van der Waals surface area contributed by atoms with Crippen molar-refractivity contribution in [2.45, 2.75) is 20.3 Å². The van der Waals surface area contributed by atoms with Crippen LogP contribution >= 0.6 is 11.3 Å². The summed E-state index contributed by atoms with van der Waals surface area (Å²) in [5, 5.41) is 7.84. The van der Waals surface area contributed by atoms with Gasteiger partial charge in [-0.3, -0.25) is 0 Å². The number of nitrogens with one attached hydrogen (secondary N) is 1. The van der Waals surface area contributed by atoms with E-state index in [1.165, 1.54) is 22.4 Å². The van der Waals surface area contributed by atoms with E-state index < -0.39 is 0 Å². The summed E-state index contributed by atoms with van der Waals surface area (Å²) in [4.78, 5) is 0. The Morgan fingerprint density at radius 2 is 2.06 bits per heavy atom. The lowest BCUT2D eigenvalue weighted by Crippen LogP contribution is -2.05. The van der Waals surface area contributed by atoms with E-state index in [1.54, 1.807) is 11.3 Å². The Balaban J connectivity index is 1.92. The molecule has 2 rings (SSSR count). The van der Waals surface area contributed by atoms with Crippen LogP contribution in [0.2, 0.25) is 0 Å². The summed E-state index contributed by atoms with van der Waals surface area (Å²) in [6.07, 6.45) is 1.09. The van der Waals surface area contributed by atoms with Crippen LogP contribution in [-0.2, 0) is 6.42 Å². The van der Waals surface area contributed by atoms with Gasteiger partial charge in [0.25, 0.3) is 0 Å². The molecule has 0 saturated carbocycles. The first-order valence-corrected chi connectivity index (χ1v) is 6.52. The van der Waals surface area contributed by atoms with Gasteiger partial charge in [-0.25, -0.2) is 0 Å². The summed E-state index contributed by atoms with van der Waals surface area (Å²) in [6.45, 7) is 5.27. The molecular weight excluding hydrogens is 214 g/mol. The molecule has 0 spiro atoms. The van der Waals surface area contributed by atoms with Gasteiger partial charge in [0.05, 0.1) is 0 Å². The van der Waals surface area contributed by atoms with E-state index in [1.807, 2.05) is 0 Å². The molecule has 0 aliphatic rings. The van der Waals surface area contributed by atoms with E-state index in [-0.39, 0.29) is 0 Å². The maximum atomic E-state index is 3.50. The Morgan fingerprint density at radius 3 is 2.81 bits per heavy atom. The fourth-order valence-corrected chi connectivity index (χ4v) is 2.41. The molecule has 0 atom stereocenters. The highest BCUT2D eigenvalue weighted by Crippen LogP contribution is 2.16. The number of thiophene rings is 1. The van der Waals surface area contributed by atoms with Crippen molar-refractivity contribution >= 4 is 17.0 Å². The van der Waals surface area contributed by atoms with Gasteiger partial charge in [-0.1, -0.05) is 12.1 Å². The predicted molar refractivity (Wildman–Crippen MR) is 72.4 cm³/mol. The molecule has 1 aromatic carbocycles. The first kappa shape index (κ1) is 11.2. The van der Waals surface area contributed by atoms with Crippen molar-refractivity contribution in [3.63, 3.8) is 0 Å². The van der Waals surface area contributed by atoms with E-state index in [0.717, 1.165) is 13.0 Å². The van der Waals surface area contributed by atoms with Crippen molar-refractivity contribution in [1.82, 2.24) is 0 Å². The maximum absolute atomic E-state index is 3.50. The molecule has 2 heteroatoms. The quantitative estimate of drug-likeness (QED) is 0.838. The van der Waals surface area contributed by atoms with Crippen LogP contribution in [0.15, 0.2) is 35.0 Å². The fourth-order valence-electron chi connectivity index (χ4n) is 1.70. The third-order valence-corrected chi connectivity index (χ3v) is 3.43. The SMILES string of the molecule is Cc1ccc(C)c(NCCc2ccsc2)c1. The Morgan fingerprint density at radius 1 is 1.19 bits per heavy atom. The number of rotatable bonds is 4. The summed E-state index contributed by atoms with van der Waals surface area (Å²) in [5.41, 5.74) is 5.30. The molecule has 1 aromatic heterocycles. The molecule has 0 saturated heterocycles. The van der Waals surface area contributed by atoms with Crippen LogP contribution in [-0.4, -0.2) is 6.54 Å². The van der Waals surface area contributed by atoms with Gasteiger partial charge < -0.3 is 5.32 Å². The van der Waals surface area contributed by atoms with Crippen molar-refractivity contribution in [1.29, 1.82) is 0 Å². The monoisotopic (exact) mass is 231 g/mol. The minimum absolute atomic E-state index is 1.00. The molecule has 1 N–H and O–H groups in total. The third kappa shape index (κ3) is 2.86. The second-order valence-electron chi connectivity index (χ2n) is 4.13. The van der Waals surface area contributed by atoms with Crippen LogP contribution in [0.5, 0.6) is 0 Å². The second kappa shape index (κ2) is 5.17. The molecule has 0 bridgehead atoms. The van der Waals surface area contributed by atoms with Crippen LogP contribution in [0.1, 0.15) is 16.7 Å². The summed E-state index contributed by atoms with van der Waals surface area (Å²) in [7, 11) is 0. The molecular formula is C14H17NS. The predicted octanol–water partition coefficient (Wildman–Crippen LogP) is 4.02. The van der Waals surface area contributed by atoms with Crippen molar-refractivity contribution in [2.75, 3.05) is 11.9 Å². The molecule has 1 nitrogen and oxygen atoms in total. The first-order chi connectivity index (χ1) is 7.75. The Kier molecular flexibility index (Phi) is 3.62. The maximum Gasteiger partial charge on any atom is 0.0372 e. The lowest BCUT2D eigenvalue weighted by atomic mass is 10.1. The van der Waals surface area contributed by atoms with E-state index in [4.69, 9.17) is 0 Å². The number of anilines is 1. The smallest absolute Gasteiger partial charge is 0.0372 e. The van der Waals surface area contributed by atoms with Gasteiger partial charge in [0.15, 0.2) is 0 Å². The van der Waals surface area contributed by atoms with Crippen LogP contribution in [0.3, 0.4) is 0 Å². The summed E-state index contributed by atoms with van der Waals surface area (Å²) < 4.78 is 0. The van der Waals surface area contributed by atoms with E-state index in [0.29, 0.717) is 0 Å². The molecule has 0 radical (unpaired) electrons. The zero-order valence-electron chi connectivity index (χ0n) is 9.79. The average molecular weight is 231 g/mol. The topological polar surface area (TPSA) is 12.0 Å². The van der Waals surface area contributed by atoms with Gasteiger partial charge in [0, 0.05) is 12.2 Å². The molecule has 84 valence electrons. The van der Waals surface area contributed by atoms with Gasteiger partial charge in [-0.15, -0.1) is 0 Å². The molecule has 0 aliphatic carbocycles.